The van der Waals surface area contributed by atoms with Gasteiger partial charge in [-0.05, 0) is 38.8 Å². The van der Waals surface area contributed by atoms with E-state index < -0.39 is 0 Å². The van der Waals surface area contributed by atoms with Crippen molar-refractivity contribution < 1.29 is 9.59 Å². The zero-order valence-electron chi connectivity index (χ0n) is 12.6. The average molecular weight is 322 g/mol. The van der Waals surface area contributed by atoms with Crippen molar-refractivity contribution in [1.82, 2.24) is 14.8 Å². The van der Waals surface area contributed by atoms with Crippen LogP contribution in [-0.2, 0) is 9.59 Å². The van der Waals surface area contributed by atoms with Gasteiger partial charge in [-0.2, -0.15) is 0 Å². The molecular weight excluding hydrogens is 300 g/mol. The van der Waals surface area contributed by atoms with Gasteiger partial charge in [-0.15, -0.1) is 11.3 Å². The Morgan fingerprint density at radius 2 is 2.05 bits per heavy atom. The lowest BCUT2D eigenvalue weighted by Gasteiger charge is -2.34. The molecule has 0 spiro atoms. The number of thiazole rings is 1. The molecule has 2 saturated heterocycles. The second-order valence-electron chi connectivity index (χ2n) is 6.08. The number of nitrogens with zero attached hydrogens (tertiary/aromatic N) is 3. The molecule has 2 amide bonds. The number of aromatic nitrogens is 1. The molecule has 0 saturated carbocycles. The largest absolute Gasteiger partial charge is 0.369 e. The number of likely N-dealkylation sites (tertiary alicyclic amines) is 2. The van der Waals surface area contributed by atoms with Gasteiger partial charge in [-0.25, -0.2) is 4.98 Å². The van der Waals surface area contributed by atoms with Gasteiger partial charge >= 0.3 is 0 Å². The summed E-state index contributed by atoms with van der Waals surface area (Å²) >= 11 is 1.63. The Morgan fingerprint density at radius 3 is 2.68 bits per heavy atom. The molecule has 3 rings (SSSR count). The van der Waals surface area contributed by atoms with Crippen LogP contribution in [0.2, 0.25) is 0 Å². The number of amides is 2. The van der Waals surface area contributed by atoms with Crippen LogP contribution in [0.4, 0.5) is 0 Å². The van der Waals surface area contributed by atoms with Crippen molar-refractivity contribution >= 4 is 23.2 Å². The number of hydrogen-bond acceptors (Lipinski definition) is 5. The topological polar surface area (TPSA) is 79.5 Å². The molecular formula is C15H22N4O2S. The molecule has 0 bridgehead atoms. The van der Waals surface area contributed by atoms with Crippen molar-refractivity contribution in [1.29, 1.82) is 0 Å². The standard InChI is InChI=1S/C15H22N4O2S/c16-13(20)10-18-7-3-11(4-8-18)15(21)19-6-1-2-12(19)14-17-5-9-22-14/h5,9,11-12H,1-4,6-8,10H2,(H2,16,20). The van der Waals surface area contributed by atoms with Crippen molar-refractivity contribution in [2.45, 2.75) is 31.7 Å². The summed E-state index contributed by atoms with van der Waals surface area (Å²) in [7, 11) is 0. The van der Waals surface area contributed by atoms with Crippen LogP contribution in [0.3, 0.4) is 0 Å². The quantitative estimate of drug-likeness (QED) is 0.897. The normalized spacial score (nSPS) is 23.8. The van der Waals surface area contributed by atoms with Gasteiger partial charge in [0, 0.05) is 24.0 Å². The number of primary amides is 1. The molecule has 120 valence electrons. The van der Waals surface area contributed by atoms with Gasteiger partial charge in [-0.1, -0.05) is 0 Å². The summed E-state index contributed by atoms with van der Waals surface area (Å²) in [4.78, 5) is 32.2. The third-order valence-corrected chi connectivity index (χ3v) is 5.47. The second-order valence-corrected chi connectivity index (χ2v) is 7.00. The van der Waals surface area contributed by atoms with Gasteiger partial charge in [0.05, 0.1) is 12.6 Å². The maximum atomic E-state index is 12.8. The van der Waals surface area contributed by atoms with Crippen molar-refractivity contribution in [3.8, 4) is 0 Å². The van der Waals surface area contributed by atoms with Crippen LogP contribution in [0.1, 0.15) is 36.7 Å². The van der Waals surface area contributed by atoms with Crippen LogP contribution in [-0.4, -0.2) is 52.8 Å². The molecule has 22 heavy (non-hydrogen) atoms. The first-order valence-electron chi connectivity index (χ1n) is 7.85. The van der Waals surface area contributed by atoms with Gasteiger partial charge in [0.2, 0.25) is 11.8 Å². The van der Waals surface area contributed by atoms with E-state index in [0.29, 0.717) is 6.54 Å². The van der Waals surface area contributed by atoms with Gasteiger partial charge < -0.3 is 10.6 Å². The minimum absolute atomic E-state index is 0.0738. The molecule has 2 aliphatic rings. The highest BCUT2D eigenvalue weighted by atomic mass is 32.1. The molecule has 1 aromatic rings. The first-order chi connectivity index (χ1) is 10.6. The lowest BCUT2D eigenvalue weighted by Crippen LogP contribution is -2.44. The lowest BCUT2D eigenvalue weighted by atomic mass is 9.95. The number of rotatable bonds is 4. The zero-order chi connectivity index (χ0) is 15.5. The Bertz CT molecular complexity index is 526. The van der Waals surface area contributed by atoms with Gasteiger partial charge in [0.15, 0.2) is 0 Å². The number of carbonyl (C=O) groups is 2. The molecule has 6 nitrogen and oxygen atoms in total. The van der Waals surface area contributed by atoms with Crippen LogP contribution >= 0.6 is 11.3 Å². The highest BCUT2D eigenvalue weighted by Gasteiger charge is 2.36. The molecule has 0 aliphatic carbocycles. The van der Waals surface area contributed by atoms with E-state index in [-0.39, 0.29) is 23.8 Å². The predicted octanol–water partition coefficient (Wildman–Crippen LogP) is 1.00. The van der Waals surface area contributed by atoms with Gasteiger partial charge in [0.25, 0.3) is 0 Å². The van der Waals surface area contributed by atoms with Gasteiger partial charge in [-0.3, -0.25) is 14.5 Å². The zero-order valence-corrected chi connectivity index (χ0v) is 13.4. The minimum Gasteiger partial charge on any atom is -0.369 e. The molecule has 7 heteroatoms. The van der Waals surface area contributed by atoms with E-state index in [0.717, 1.165) is 50.3 Å². The van der Waals surface area contributed by atoms with E-state index in [1.165, 1.54) is 0 Å². The number of hydrogen-bond donors (Lipinski definition) is 1. The molecule has 2 N–H and O–H groups in total. The third kappa shape index (κ3) is 3.30. The average Bonchev–Trinajstić information content (AvgIpc) is 3.17. The monoisotopic (exact) mass is 322 g/mol. The molecule has 1 aromatic heterocycles. The fraction of sp³-hybridized carbons (Fsp3) is 0.667. The molecule has 2 aliphatic heterocycles. The Labute approximate surface area is 134 Å². The van der Waals surface area contributed by atoms with Gasteiger partial charge in [0.1, 0.15) is 5.01 Å². The van der Waals surface area contributed by atoms with Crippen molar-refractivity contribution in [3.63, 3.8) is 0 Å². The first-order valence-corrected chi connectivity index (χ1v) is 8.73. The predicted molar refractivity (Wildman–Crippen MR) is 84.2 cm³/mol. The summed E-state index contributed by atoms with van der Waals surface area (Å²) in [6.07, 6.45) is 5.50. The summed E-state index contributed by atoms with van der Waals surface area (Å²) < 4.78 is 0. The lowest BCUT2D eigenvalue weighted by molar-refractivity contribution is -0.138. The maximum absolute atomic E-state index is 12.8. The Hall–Kier alpha value is -1.47. The summed E-state index contributed by atoms with van der Waals surface area (Å²) in [5.41, 5.74) is 5.23. The smallest absolute Gasteiger partial charge is 0.231 e. The number of carbonyl (C=O) groups excluding carboxylic acids is 2. The number of piperidine rings is 1. The summed E-state index contributed by atoms with van der Waals surface area (Å²) in [6, 6.07) is 0.163. The maximum Gasteiger partial charge on any atom is 0.231 e. The summed E-state index contributed by atoms with van der Waals surface area (Å²) in [6.45, 7) is 2.68. The van der Waals surface area contributed by atoms with E-state index >= 15 is 0 Å². The van der Waals surface area contributed by atoms with Crippen molar-refractivity contribution in [2.24, 2.45) is 11.7 Å². The van der Waals surface area contributed by atoms with E-state index in [9.17, 15) is 9.59 Å². The summed E-state index contributed by atoms with van der Waals surface area (Å²) in [5, 5.41) is 3.02. The van der Waals surface area contributed by atoms with Crippen LogP contribution in [0.15, 0.2) is 11.6 Å². The van der Waals surface area contributed by atoms with E-state index in [2.05, 4.69) is 4.98 Å². The minimum atomic E-state index is -0.298. The SMILES string of the molecule is NC(=O)CN1CCC(C(=O)N2CCCC2c2nccs2)CC1. The highest BCUT2D eigenvalue weighted by molar-refractivity contribution is 7.09. The molecule has 0 aromatic carbocycles. The molecule has 0 radical (unpaired) electrons. The van der Waals surface area contributed by atoms with Crippen LogP contribution in [0.5, 0.6) is 0 Å². The molecule has 1 atom stereocenters. The second kappa shape index (κ2) is 6.75. The third-order valence-electron chi connectivity index (χ3n) is 4.59. The Balaban J connectivity index is 1.59. The number of nitrogens with two attached hydrogens (primary N) is 1. The van der Waals surface area contributed by atoms with E-state index in [1.54, 1.807) is 11.3 Å². The Morgan fingerprint density at radius 1 is 1.27 bits per heavy atom. The fourth-order valence-electron chi connectivity index (χ4n) is 3.48. The van der Waals surface area contributed by atoms with E-state index in [4.69, 9.17) is 5.73 Å². The summed E-state index contributed by atoms with van der Waals surface area (Å²) in [5.74, 6) is 0.0364. The Kier molecular flexibility index (Phi) is 4.73. The molecule has 2 fully saturated rings. The molecule has 3 heterocycles. The van der Waals surface area contributed by atoms with Crippen LogP contribution in [0, 0.1) is 5.92 Å². The van der Waals surface area contributed by atoms with Crippen LogP contribution in [0.25, 0.3) is 0 Å². The molecule has 1 unspecified atom stereocenters. The first kappa shape index (κ1) is 15.4. The fourth-order valence-corrected chi connectivity index (χ4v) is 4.26. The van der Waals surface area contributed by atoms with E-state index in [1.807, 2.05) is 21.4 Å². The highest BCUT2D eigenvalue weighted by Crippen LogP contribution is 2.35. The van der Waals surface area contributed by atoms with Crippen molar-refractivity contribution in [3.05, 3.63) is 16.6 Å². The van der Waals surface area contributed by atoms with Crippen LogP contribution < -0.4 is 5.73 Å². The van der Waals surface area contributed by atoms with Crippen molar-refractivity contribution in [2.75, 3.05) is 26.2 Å².